The van der Waals surface area contributed by atoms with Crippen LogP contribution in [-0.4, -0.2) is 83.8 Å². The molecule has 2 fully saturated rings. The predicted octanol–water partition coefficient (Wildman–Crippen LogP) is 6.14. The summed E-state index contributed by atoms with van der Waals surface area (Å²) in [6.07, 6.45) is 3.06. The minimum atomic E-state index is -1.15. The Kier molecular flexibility index (Phi) is 12.8. The van der Waals surface area contributed by atoms with Crippen LogP contribution in [0.5, 0.6) is 5.75 Å². The molecule has 48 heavy (non-hydrogen) atoms. The number of ether oxygens (including phenoxy) is 2. The fraction of sp³-hybridized carbons (Fsp3) is 0.556. The average Bonchev–Trinajstić information content (AvgIpc) is 3.05. The Hall–Kier alpha value is -4.22. The van der Waals surface area contributed by atoms with Crippen molar-refractivity contribution in [3.63, 3.8) is 0 Å². The number of hydrogen-bond donors (Lipinski definition) is 2. The third kappa shape index (κ3) is 10.9. The lowest BCUT2D eigenvalue weighted by molar-refractivity contribution is -0.138. The number of halogens is 2. The van der Waals surface area contributed by atoms with Crippen molar-refractivity contribution in [2.75, 3.05) is 39.5 Å². The highest BCUT2D eigenvalue weighted by Gasteiger charge is 2.32. The number of hydrogen-bond acceptors (Lipinski definition) is 6. The van der Waals surface area contributed by atoms with E-state index in [1.165, 1.54) is 12.1 Å². The van der Waals surface area contributed by atoms with Crippen molar-refractivity contribution in [3.05, 3.63) is 53.8 Å². The van der Waals surface area contributed by atoms with Crippen LogP contribution in [-0.2, 0) is 19.1 Å². The lowest BCUT2D eigenvalue weighted by atomic mass is 9.91. The zero-order valence-electron chi connectivity index (χ0n) is 28.0. The summed E-state index contributed by atoms with van der Waals surface area (Å²) >= 11 is 0. The molecule has 2 saturated heterocycles. The summed E-state index contributed by atoms with van der Waals surface area (Å²) in [4.78, 5) is 54.2. The van der Waals surface area contributed by atoms with Crippen LogP contribution in [0.15, 0.2) is 42.5 Å². The Morgan fingerprint density at radius 1 is 0.979 bits per heavy atom. The number of nitrogens with one attached hydrogen (secondary N) is 1. The molecule has 2 atom stereocenters. The van der Waals surface area contributed by atoms with Crippen molar-refractivity contribution in [1.82, 2.24) is 15.1 Å². The fourth-order valence-corrected chi connectivity index (χ4v) is 6.23. The quantitative estimate of drug-likeness (QED) is 0.278. The van der Waals surface area contributed by atoms with Crippen molar-refractivity contribution in [2.24, 2.45) is 11.8 Å². The van der Waals surface area contributed by atoms with E-state index in [2.05, 4.69) is 5.32 Å². The van der Waals surface area contributed by atoms with E-state index in [0.717, 1.165) is 12.8 Å². The first-order valence-corrected chi connectivity index (χ1v) is 16.7. The Morgan fingerprint density at radius 2 is 1.69 bits per heavy atom. The Balaban J connectivity index is 1.33. The van der Waals surface area contributed by atoms with Crippen LogP contribution < -0.4 is 10.1 Å². The molecular weight excluding hydrogens is 624 g/mol. The number of rotatable bonds is 12. The molecule has 4 rings (SSSR count). The summed E-state index contributed by atoms with van der Waals surface area (Å²) in [5.41, 5.74) is 0.877. The Labute approximate surface area is 280 Å². The van der Waals surface area contributed by atoms with E-state index < -0.39 is 42.4 Å². The molecule has 2 aliphatic heterocycles. The van der Waals surface area contributed by atoms with E-state index in [-0.39, 0.29) is 31.1 Å². The summed E-state index contributed by atoms with van der Waals surface area (Å²) in [5.74, 6) is -1.90. The summed E-state index contributed by atoms with van der Waals surface area (Å²) in [5, 5.41) is 12.4. The molecule has 0 aromatic heterocycles. The second-order valence-electron chi connectivity index (χ2n) is 13.6. The lowest BCUT2D eigenvalue weighted by Gasteiger charge is -2.35. The molecule has 0 aliphatic carbocycles. The highest BCUT2D eigenvalue weighted by molar-refractivity contribution is 5.82. The van der Waals surface area contributed by atoms with E-state index in [9.17, 15) is 33.1 Å². The highest BCUT2D eigenvalue weighted by Crippen LogP contribution is 2.30. The first-order chi connectivity index (χ1) is 22.8. The zero-order chi connectivity index (χ0) is 34.8. The molecule has 0 spiro atoms. The van der Waals surface area contributed by atoms with Crippen molar-refractivity contribution in [3.8, 4) is 16.9 Å². The van der Waals surface area contributed by atoms with E-state index in [1.807, 2.05) is 20.8 Å². The van der Waals surface area contributed by atoms with Crippen LogP contribution in [0.3, 0.4) is 0 Å². The van der Waals surface area contributed by atoms with Crippen LogP contribution in [0.1, 0.15) is 77.3 Å². The SMILES string of the molecule is CC(C)(C)OC(=O)N1CCC(CCC(=O)N2CCC[C@@H](C(=O)NC(CC(=O)O)c3cc(F)cc(-c4ccc(OCCF)cc4)c3)C2)CC1. The Morgan fingerprint density at radius 3 is 2.33 bits per heavy atom. The molecule has 2 aromatic carbocycles. The van der Waals surface area contributed by atoms with Crippen LogP contribution in [0.25, 0.3) is 11.1 Å². The number of likely N-dealkylation sites (tertiary alicyclic amines) is 2. The molecule has 0 radical (unpaired) electrons. The van der Waals surface area contributed by atoms with Gasteiger partial charge in [-0.2, -0.15) is 0 Å². The maximum absolute atomic E-state index is 14.8. The summed E-state index contributed by atoms with van der Waals surface area (Å²) in [7, 11) is 0. The number of carboxylic acid groups (broad SMARTS) is 1. The van der Waals surface area contributed by atoms with Crippen LogP contribution >= 0.6 is 0 Å². The molecule has 0 saturated carbocycles. The molecule has 10 nitrogen and oxygen atoms in total. The van der Waals surface area contributed by atoms with Gasteiger partial charge in [0.1, 0.15) is 30.4 Å². The standard InChI is InChI=1S/C36H47F2N3O7/c1-36(2,3)48-35(46)40-16-12-24(13-17-40)6-11-32(42)41-15-4-5-26(23-41)34(45)39-31(22-33(43)44)28-19-27(20-29(38)21-28)25-7-9-30(10-8-25)47-18-14-37/h7-10,19-21,24,26,31H,4-6,11-18,22-23H2,1-3H3,(H,39,45)(H,43,44)/t26-,31?/m1/s1. The normalized spacial score (nSPS) is 17.8. The number of nitrogens with zero attached hydrogens (tertiary/aromatic N) is 2. The molecule has 2 N–H and O–H groups in total. The van der Waals surface area contributed by atoms with Crippen LogP contribution in [0, 0.1) is 17.7 Å². The number of piperidine rings is 2. The molecule has 3 amide bonds. The predicted molar refractivity (Wildman–Crippen MR) is 176 cm³/mol. The van der Waals surface area contributed by atoms with Gasteiger partial charge in [-0.1, -0.05) is 12.1 Å². The topological polar surface area (TPSA) is 125 Å². The number of carbonyl (C=O) groups excluding carboxylic acids is 3. The molecule has 0 bridgehead atoms. The van der Waals surface area contributed by atoms with Gasteiger partial charge in [0, 0.05) is 32.6 Å². The van der Waals surface area contributed by atoms with Gasteiger partial charge in [0.05, 0.1) is 18.4 Å². The number of carbonyl (C=O) groups is 4. The van der Waals surface area contributed by atoms with Crippen molar-refractivity contribution in [2.45, 2.75) is 77.4 Å². The van der Waals surface area contributed by atoms with Crippen LogP contribution in [0.2, 0.25) is 0 Å². The second kappa shape index (κ2) is 16.7. The van der Waals surface area contributed by atoms with E-state index in [0.29, 0.717) is 73.7 Å². The molecule has 12 heteroatoms. The maximum Gasteiger partial charge on any atom is 0.410 e. The average molecular weight is 672 g/mol. The van der Waals surface area contributed by atoms with E-state index >= 15 is 0 Å². The third-order valence-corrected chi connectivity index (χ3v) is 8.73. The minimum Gasteiger partial charge on any atom is -0.491 e. The first kappa shape index (κ1) is 36.6. The van der Waals surface area contributed by atoms with Gasteiger partial charge in [0.2, 0.25) is 11.8 Å². The van der Waals surface area contributed by atoms with Crippen molar-refractivity contribution in [1.29, 1.82) is 0 Å². The highest BCUT2D eigenvalue weighted by atomic mass is 19.1. The molecular formula is C36H47F2N3O7. The molecule has 1 unspecified atom stereocenters. The third-order valence-electron chi connectivity index (χ3n) is 8.73. The van der Waals surface area contributed by atoms with Gasteiger partial charge >= 0.3 is 12.1 Å². The van der Waals surface area contributed by atoms with Gasteiger partial charge in [-0.15, -0.1) is 0 Å². The number of carboxylic acids is 1. The van der Waals surface area contributed by atoms with E-state index in [1.54, 1.807) is 40.1 Å². The number of alkyl halides is 1. The van der Waals surface area contributed by atoms with Gasteiger partial charge < -0.3 is 29.7 Å². The summed E-state index contributed by atoms with van der Waals surface area (Å²) < 4.78 is 38.0. The smallest absolute Gasteiger partial charge is 0.410 e. The largest absolute Gasteiger partial charge is 0.491 e. The zero-order valence-corrected chi connectivity index (χ0v) is 28.0. The van der Waals surface area contributed by atoms with Crippen LogP contribution in [0.4, 0.5) is 13.6 Å². The monoisotopic (exact) mass is 671 g/mol. The van der Waals surface area contributed by atoms with Gasteiger partial charge in [-0.3, -0.25) is 14.4 Å². The molecule has 2 heterocycles. The van der Waals surface area contributed by atoms with E-state index in [4.69, 9.17) is 9.47 Å². The van der Waals surface area contributed by atoms with Crippen molar-refractivity contribution < 1.29 is 42.5 Å². The number of aliphatic carboxylic acids is 1. The van der Waals surface area contributed by atoms with Gasteiger partial charge in [0.15, 0.2) is 0 Å². The number of benzene rings is 2. The summed E-state index contributed by atoms with van der Waals surface area (Å²) in [6, 6.07) is 9.84. The minimum absolute atomic E-state index is 0.0277. The van der Waals surface area contributed by atoms with Gasteiger partial charge in [-0.05, 0) is 106 Å². The first-order valence-electron chi connectivity index (χ1n) is 16.7. The molecule has 2 aliphatic rings. The molecule has 262 valence electrons. The fourth-order valence-electron chi connectivity index (χ4n) is 6.23. The Bertz CT molecular complexity index is 1420. The number of amides is 3. The van der Waals surface area contributed by atoms with Gasteiger partial charge in [-0.25, -0.2) is 13.6 Å². The van der Waals surface area contributed by atoms with Gasteiger partial charge in [0.25, 0.3) is 0 Å². The molecule has 2 aromatic rings. The van der Waals surface area contributed by atoms with Crippen molar-refractivity contribution >= 4 is 23.9 Å². The summed E-state index contributed by atoms with van der Waals surface area (Å²) in [6.45, 7) is 6.76. The maximum atomic E-state index is 14.8. The lowest BCUT2D eigenvalue weighted by Crippen LogP contribution is -2.46. The second-order valence-corrected chi connectivity index (χ2v) is 13.6.